The SMILES string of the molecule is C#CC(F)(F)C(O)(F)C(F)(F)F.O=P(O)(F)F. The zero-order valence-corrected chi connectivity index (χ0v) is 8.25. The van der Waals surface area contributed by atoms with Crippen molar-refractivity contribution in [3.8, 4) is 12.3 Å². The Morgan fingerprint density at radius 3 is 1.35 bits per heavy atom. The molecule has 12 heteroatoms. The van der Waals surface area contributed by atoms with Crippen LogP contribution in [0.3, 0.4) is 0 Å². The third kappa shape index (κ3) is 6.45. The van der Waals surface area contributed by atoms with Gasteiger partial charge in [-0.25, -0.2) is 4.57 Å². The van der Waals surface area contributed by atoms with E-state index in [1.165, 1.54) is 0 Å². The van der Waals surface area contributed by atoms with Gasteiger partial charge in [0.05, 0.1) is 0 Å². The zero-order valence-electron chi connectivity index (χ0n) is 7.35. The van der Waals surface area contributed by atoms with Crippen molar-refractivity contribution in [3.05, 3.63) is 0 Å². The largest absolute Gasteiger partial charge is 0.549 e. The normalized spacial score (nSPS) is 16.3. The number of alkyl halides is 6. The Morgan fingerprint density at radius 2 is 1.29 bits per heavy atom. The molecule has 0 rings (SSSR count). The molecule has 0 aromatic rings. The van der Waals surface area contributed by atoms with Gasteiger partial charge in [0.1, 0.15) is 0 Å². The van der Waals surface area contributed by atoms with E-state index in [2.05, 4.69) is 6.42 Å². The minimum absolute atomic E-state index is 0.210. The summed E-state index contributed by atoms with van der Waals surface area (Å²) in [7, 11) is -5.64. The lowest BCUT2D eigenvalue weighted by molar-refractivity contribution is -0.371. The zero-order chi connectivity index (χ0) is 14.7. The second-order valence-corrected chi connectivity index (χ2v) is 3.14. The molecule has 1 unspecified atom stereocenters. The van der Waals surface area contributed by atoms with Crippen molar-refractivity contribution < 1.29 is 49.3 Å². The molecule has 0 aliphatic carbocycles. The maximum Gasteiger partial charge on any atom is 0.549 e. The summed E-state index contributed by atoms with van der Waals surface area (Å²) in [5, 5.41) is 7.69. The Kier molecular flexibility index (Phi) is 5.66. The van der Waals surface area contributed by atoms with Crippen LogP contribution in [0.25, 0.3) is 0 Å². The average molecular weight is 294 g/mol. The van der Waals surface area contributed by atoms with Gasteiger partial charge in [-0.05, 0) is 5.92 Å². The van der Waals surface area contributed by atoms with Crippen LogP contribution < -0.4 is 0 Å². The van der Waals surface area contributed by atoms with Gasteiger partial charge >= 0.3 is 25.9 Å². The first kappa shape index (κ1) is 18.5. The fourth-order valence-corrected chi connectivity index (χ4v) is 0.274. The molecule has 0 amide bonds. The van der Waals surface area contributed by atoms with Crippen LogP contribution in [0, 0.1) is 12.3 Å². The molecule has 0 aromatic heterocycles. The van der Waals surface area contributed by atoms with Gasteiger partial charge in [-0.1, -0.05) is 0 Å². The number of terminal acetylenes is 1. The van der Waals surface area contributed by atoms with E-state index in [9.17, 15) is 34.7 Å². The average Bonchev–Trinajstić information content (AvgIpc) is 1.98. The molecule has 0 aromatic carbocycles. The lowest BCUT2D eigenvalue weighted by atomic mass is 10.1. The standard InChI is InChI=1S/C5H2F6O.F2HO2P/c1-2-3(6,7)4(8,12)5(9,10)11;1-5(2,3)4/h1,12H;(H,3,4). The molecule has 0 saturated carbocycles. The van der Waals surface area contributed by atoms with Crippen molar-refractivity contribution >= 4 is 7.99 Å². The van der Waals surface area contributed by atoms with Crippen LogP contribution in [0.2, 0.25) is 0 Å². The molecule has 0 saturated heterocycles. The predicted octanol–water partition coefficient (Wildman–Crippen LogP) is 2.50. The first-order chi connectivity index (χ1) is 7.06. The van der Waals surface area contributed by atoms with Gasteiger partial charge in [-0.3, -0.25) is 4.89 Å². The van der Waals surface area contributed by atoms with Crippen LogP contribution in [-0.2, 0) is 4.57 Å². The van der Waals surface area contributed by atoms with Crippen molar-refractivity contribution in [3.63, 3.8) is 0 Å². The van der Waals surface area contributed by atoms with Gasteiger partial charge in [0.15, 0.2) is 0 Å². The van der Waals surface area contributed by atoms with Crippen molar-refractivity contribution in [2.24, 2.45) is 0 Å². The van der Waals surface area contributed by atoms with E-state index in [-0.39, 0.29) is 5.92 Å². The second kappa shape index (κ2) is 5.20. The van der Waals surface area contributed by atoms with Gasteiger partial charge in [-0.2, -0.15) is 26.3 Å². The third-order valence-electron chi connectivity index (χ3n) is 0.973. The minimum atomic E-state index is -6.12. The van der Waals surface area contributed by atoms with E-state index < -0.39 is 25.9 Å². The maximum absolute atomic E-state index is 11.9. The topological polar surface area (TPSA) is 57.5 Å². The predicted molar refractivity (Wildman–Crippen MR) is 37.9 cm³/mol. The van der Waals surface area contributed by atoms with E-state index >= 15 is 0 Å². The Hall–Kier alpha value is -0.850. The Morgan fingerprint density at radius 1 is 1.06 bits per heavy atom. The Labute approximate surface area is 88.7 Å². The molecule has 17 heavy (non-hydrogen) atoms. The van der Waals surface area contributed by atoms with Crippen LogP contribution in [0.5, 0.6) is 0 Å². The number of hydrogen-bond acceptors (Lipinski definition) is 2. The van der Waals surface area contributed by atoms with Gasteiger partial charge in [-0.15, -0.1) is 14.8 Å². The summed E-state index contributed by atoms with van der Waals surface area (Å²) in [6, 6.07) is 0. The molecule has 0 spiro atoms. The molecule has 0 aliphatic rings. The molecular weight excluding hydrogens is 291 g/mol. The third-order valence-corrected chi connectivity index (χ3v) is 0.973. The highest BCUT2D eigenvalue weighted by Crippen LogP contribution is 2.43. The fraction of sp³-hybridized carbons (Fsp3) is 0.600. The quantitative estimate of drug-likeness (QED) is 0.444. The number of rotatable bonds is 1. The molecule has 1 atom stereocenters. The summed E-state index contributed by atoms with van der Waals surface area (Å²) in [5.41, 5.74) is 0. The van der Waals surface area contributed by atoms with Crippen LogP contribution in [0.15, 0.2) is 0 Å². The number of hydrogen-bond donors (Lipinski definition) is 2. The van der Waals surface area contributed by atoms with Gasteiger partial charge in [0.2, 0.25) is 0 Å². The van der Waals surface area contributed by atoms with Crippen LogP contribution >= 0.6 is 7.99 Å². The Balaban J connectivity index is 0. The summed E-state index contributed by atoms with van der Waals surface area (Å²) in [4.78, 5) is 6.74. The van der Waals surface area contributed by atoms with Gasteiger partial charge < -0.3 is 5.11 Å². The molecule has 0 radical (unpaired) electrons. The lowest BCUT2D eigenvalue weighted by Gasteiger charge is -2.26. The molecule has 0 aliphatic heterocycles. The molecule has 0 fully saturated rings. The van der Waals surface area contributed by atoms with E-state index in [1.54, 1.807) is 0 Å². The van der Waals surface area contributed by atoms with Crippen LogP contribution in [0.4, 0.5) is 34.7 Å². The van der Waals surface area contributed by atoms with E-state index in [4.69, 9.17) is 14.6 Å². The summed E-state index contributed by atoms with van der Waals surface area (Å²) < 4.78 is 98.3. The fourth-order valence-electron chi connectivity index (χ4n) is 0.274. The molecule has 102 valence electrons. The van der Waals surface area contributed by atoms with E-state index in [1.807, 2.05) is 0 Å². The minimum Gasteiger partial charge on any atom is -0.349 e. The maximum atomic E-state index is 11.9. The van der Waals surface area contributed by atoms with Crippen LogP contribution in [0.1, 0.15) is 0 Å². The van der Waals surface area contributed by atoms with Crippen molar-refractivity contribution in [1.82, 2.24) is 0 Å². The summed E-state index contributed by atoms with van der Waals surface area (Å²) in [5.74, 6) is -10.8. The van der Waals surface area contributed by atoms with Crippen molar-refractivity contribution in [2.75, 3.05) is 0 Å². The highest BCUT2D eigenvalue weighted by molar-refractivity contribution is 7.46. The summed E-state index contributed by atoms with van der Waals surface area (Å²) in [6.07, 6.45) is -2.23. The monoisotopic (exact) mass is 294 g/mol. The first-order valence-corrected chi connectivity index (χ1v) is 4.56. The lowest BCUT2D eigenvalue weighted by Crippen LogP contribution is -2.54. The van der Waals surface area contributed by atoms with Crippen molar-refractivity contribution in [1.29, 1.82) is 0 Å². The Bertz CT molecular complexity index is 328. The summed E-state index contributed by atoms with van der Waals surface area (Å²) in [6.45, 7) is 0. The summed E-state index contributed by atoms with van der Waals surface area (Å²) >= 11 is 0. The highest BCUT2D eigenvalue weighted by Gasteiger charge is 2.70. The van der Waals surface area contributed by atoms with Gasteiger partial charge in [0, 0.05) is 0 Å². The number of halogens is 8. The van der Waals surface area contributed by atoms with E-state index in [0.717, 1.165) is 0 Å². The molecular formula is C5H3F8O3P. The molecule has 0 heterocycles. The number of aliphatic hydroxyl groups is 1. The van der Waals surface area contributed by atoms with Crippen LogP contribution in [-0.4, -0.2) is 28.0 Å². The van der Waals surface area contributed by atoms with Crippen molar-refractivity contribution in [2.45, 2.75) is 18.0 Å². The highest BCUT2D eigenvalue weighted by atomic mass is 31.2. The smallest absolute Gasteiger partial charge is 0.349 e. The van der Waals surface area contributed by atoms with Gasteiger partial charge in [0.25, 0.3) is 0 Å². The molecule has 2 N–H and O–H groups in total. The first-order valence-electron chi connectivity index (χ1n) is 3.12. The molecule has 3 nitrogen and oxygen atoms in total. The second-order valence-electron chi connectivity index (χ2n) is 2.27. The molecule has 0 bridgehead atoms. The van der Waals surface area contributed by atoms with E-state index in [0.29, 0.717) is 0 Å².